The Morgan fingerprint density at radius 3 is 2.32 bits per heavy atom. The molecule has 0 aromatic heterocycles. The summed E-state index contributed by atoms with van der Waals surface area (Å²) in [4.78, 5) is 29.2. The molecular weight excluding hydrogens is 439 g/mol. The molecule has 1 amide bonds. The summed E-state index contributed by atoms with van der Waals surface area (Å²) in [5.74, 6) is -2.14. The molecule has 0 aliphatic carbocycles. The monoisotopic (exact) mass is 462 g/mol. The minimum atomic E-state index is -0.865. The number of aryl methyl sites for hydroxylation is 2. The van der Waals surface area contributed by atoms with Crippen molar-refractivity contribution in [2.45, 2.75) is 19.9 Å². The van der Waals surface area contributed by atoms with Crippen LogP contribution in [0.3, 0.4) is 0 Å². The lowest BCUT2D eigenvalue weighted by atomic mass is 9.94. The third kappa shape index (κ3) is 4.42. The van der Waals surface area contributed by atoms with E-state index in [0.717, 1.165) is 11.1 Å². The van der Waals surface area contributed by atoms with Gasteiger partial charge in [0.25, 0.3) is 11.7 Å². The van der Waals surface area contributed by atoms with Crippen LogP contribution in [0.2, 0.25) is 10.0 Å². The van der Waals surface area contributed by atoms with Crippen LogP contribution >= 0.6 is 23.2 Å². The first-order chi connectivity index (χ1) is 14.5. The number of hydrogen-bond donors (Lipinski definition) is 2. The second-order valence-corrected chi connectivity index (χ2v) is 8.74. The average molecular weight is 463 g/mol. The smallest absolute Gasteiger partial charge is 0.295 e. The van der Waals surface area contributed by atoms with Gasteiger partial charge in [-0.05, 0) is 68.9 Å². The van der Waals surface area contributed by atoms with Gasteiger partial charge in [0, 0.05) is 13.1 Å². The number of carbonyl (C=O) groups excluding carboxylic acids is 2. The van der Waals surface area contributed by atoms with Crippen LogP contribution < -0.4 is 0 Å². The molecule has 1 aliphatic rings. The average Bonchev–Trinajstić information content (AvgIpc) is 2.95. The van der Waals surface area contributed by atoms with Crippen LogP contribution in [0.15, 0.2) is 35.9 Å². The molecule has 2 aromatic rings. The van der Waals surface area contributed by atoms with Gasteiger partial charge in [0.2, 0.25) is 0 Å². The minimum Gasteiger partial charge on any atom is -0.507 e. The van der Waals surface area contributed by atoms with Crippen molar-refractivity contribution < 1.29 is 19.8 Å². The van der Waals surface area contributed by atoms with Crippen molar-refractivity contribution in [1.29, 1.82) is 0 Å². The first-order valence-corrected chi connectivity index (χ1v) is 10.5. The van der Waals surface area contributed by atoms with Crippen molar-refractivity contribution in [2.75, 3.05) is 27.2 Å². The summed E-state index contributed by atoms with van der Waals surface area (Å²) in [7, 11) is 3.72. The highest BCUT2D eigenvalue weighted by Crippen LogP contribution is 2.42. The van der Waals surface area contributed by atoms with E-state index in [0.29, 0.717) is 17.1 Å². The van der Waals surface area contributed by atoms with E-state index in [9.17, 15) is 19.8 Å². The zero-order valence-corrected chi connectivity index (χ0v) is 19.3. The quantitative estimate of drug-likeness (QED) is 0.393. The number of phenols is 1. The van der Waals surface area contributed by atoms with Crippen molar-refractivity contribution in [3.05, 3.63) is 68.2 Å². The standard InChI is InChI=1S/C23H24Cl2N2O4/c1-12-9-15(18(28)10-13(12)2)21(29)19-20(14-5-6-16(24)17(25)11-14)27(8-7-26(3)4)23(31)22(19)30/h5-6,9-11,20,28-29H,7-8H2,1-4H3/t20-/m0/s1. The number of phenolic OH excluding ortho intramolecular Hbond substituents is 1. The molecule has 0 unspecified atom stereocenters. The first-order valence-electron chi connectivity index (χ1n) is 9.71. The summed E-state index contributed by atoms with van der Waals surface area (Å²) in [6.07, 6.45) is 0. The van der Waals surface area contributed by atoms with E-state index in [1.165, 1.54) is 11.0 Å². The topological polar surface area (TPSA) is 81.1 Å². The molecule has 8 heteroatoms. The lowest BCUT2D eigenvalue weighted by molar-refractivity contribution is -0.140. The molecule has 1 aliphatic heterocycles. The first kappa shape index (κ1) is 23.1. The van der Waals surface area contributed by atoms with Gasteiger partial charge in [-0.15, -0.1) is 0 Å². The van der Waals surface area contributed by atoms with Crippen LogP contribution in [0, 0.1) is 13.8 Å². The van der Waals surface area contributed by atoms with Crippen LogP contribution in [-0.2, 0) is 9.59 Å². The van der Waals surface area contributed by atoms with Crippen molar-refractivity contribution >= 4 is 40.7 Å². The molecule has 1 atom stereocenters. The van der Waals surface area contributed by atoms with E-state index >= 15 is 0 Å². The molecule has 0 bridgehead atoms. The normalized spacial score (nSPS) is 18.3. The molecule has 2 aromatic carbocycles. The number of ketones is 1. The maximum Gasteiger partial charge on any atom is 0.295 e. The van der Waals surface area contributed by atoms with Crippen molar-refractivity contribution in [2.24, 2.45) is 0 Å². The zero-order chi connectivity index (χ0) is 23.0. The van der Waals surface area contributed by atoms with Gasteiger partial charge in [-0.1, -0.05) is 29.3 Å². The fourth-order valence-electron chi connectivity index (χ4n) is 3.58. The highest BCUT2D eigenvalue weighted by molar-refractivity contribution is 6.47. The van der Waals surface area contributed by atoms with Crippen LogP contribution in [0.1, 0.15) is 28.3 Å². The summed E-state index contributed by atoms with van der Waals surface area (Å²) < 4.78 is 0. The molecule has 164 valence electrons. The van der Waals surface area contributed by atoms with E-state index in [1.807, 2.05) is 32.8 Å². The molecule has 2 N–H and O–H groups in total. The highest BCUT2D eigenvalue weighted by atomic mass is 35.5. The Morgan fingerprint density at radius 1 is 1.06 bits per heavy atom. The Morgan fingerprint density at radius 2 is 1.71 bits per heavy atom. The number of nitrogens with zero attached hydrogens (tertiary/aromatic N) is 2. The predicted molar refractivity (Wildman–Crippen MR) is 122 cm³/mol. The number of likely N-dealkylation sites (N-methyl/N-ethyl adjacent to an activating group) is 1. The summed E-state index contributed by atoms with van der Waals surface area (Å²) in [5.41, 5.74) is 2.20. The van der Waals surface area contributed by atoms with E-state index in [-0.39, 0.29) is 28.5 Å². The predicted octanol–water partition coefficient (Wildman–Crippen LogP) is 4.30. The molecule has 1 saturated heterocycles. The van der Waals surface area contributed by atoms with E-state index in [2.05, 4.69) is 0 Å². The summed E-state index contributed by atoms with van der Waals surface area (Å²) in [6, 6.07) is 7.08. The molecule has 3 rings (SSSR count). The second kappa shape index (κ2) is 8.91. The van der Waals surface area contributed by atoms with Gasteiger partial charge in [0.1, 0.15) is 11.5 Å². The number of aliphatic hydroxyl groups is 1. The minimum absolute atomic E-state index is 0.0961. The van der Waals surface area contributed by atoms with Crippen molar-refractivity contribution in [3.8, 4) is 5.75 Å². The Balaban J connectivity index is 2.23. The number of likely N-dealkylation sites (tertiary alicyclic amines) is 1. The van der Waals surface area contributed by atoms with Crippen LogP contribution in [0.4, 0.5) is 0 Å². The maximum absolute atomic E-state index is 13.0. The van der Waals surface area contributed by atoms with Gasteiger partial charge < -0.3 is 20.0 Å². The van der Waals surface area contributed by atoms with Crippen molar-refractivity contribution in [1.82, 2.24) is 9.80 Å². The molecule has 0 spiro atoms. The van der Waals surface area contributed by atoms with Gasteiger partial charge in [0.15, 0.2) is 0 Å². The van der Waals surface area contributed by atoms with Crippen LogP contribution in [0.25, 0.3) is 5.76 Å². The summed E-state index contributed by atoms with van der Waals surface area (Å²) in [5, 5.41) is 22.1. The fraction of sp³-hybridized carbons (Fsp3) is 0.304. The number of amides is 1. The number of rotatable bonds is 5. The molecule has 31 heavy (non-hydrogen) atoms. The maximum atomic E-state index is 13.0. The lowest BCUT2D eigenvalue weighted by Gasteiger charge is -2.27. The molecule has 1 fully saturated rings. The zero-order valence-electron chi connectivity index (χ0n) is 17.7. The third-order valence-corrected chi connectivity index (χ3v) is 6.19. The molecular formula is C23H24Cl2N2O4. The van der Waals surface area contributed by atoms with E-state index in [1.54, 1.807) is 24.3 Å². The number of halogens is 2. The SMILES string of the molecule is Cc1cc(O)c(C(O)=C2C(=O)C(=O)N(CCN(C)C)[C@H]2c2ccc(Cl)c(Cl)c2)cc1C. The number of benzene rings is 2. The van der Waals surface area contributed by atoms with Gasteiger partial charge in [-0.25, -0.2) is 0 Å². The van der Waals surface area contributed by atoms with Gasteiger partial charge >= 0.3 is 0 Å². The van der Waals surface area contributed by atoms with E-state index in [4.69, 9.17) is 23.2 Å². The number of carbonyl (C=O) groups is 2. The van der Waals surface area contributed by atoms with Gasteiger partial charge in [0.05, 0.1) is 27.2 Å². The Kier molecular flexibility index (Phi) is 6.65. The molecule has 1 heterocycles. The van der Waals surface area contributed by atoms with Crippen molar-refractivity contribution in [3.63, 3.8) is 0 Å². The Hall–Kier alpha value is -2.54. The summed E-state index contributed by atoms with van der Waals surface area (Å²) >= 11 is 12.3. The Labute approximate surface area is 191 Å². The number of aliphatic hydroxyl groups excluding tert-OH is 1. The number of hydrogen-bond acceptors (Lipinski definition) is 5. The van der Waals surface area contributed by atoms with E-state index < -0.39 is 23.5 Å². The molecule has 0 saturated carbocycles. The third-order valence-electron chi connectivity index (χ3n) is 5.45. The fourth-order valence-corrected chi connectivity index (χ4v) is 3.89. The molecule has 0 radical (unpaired) electrons. The van der Waals surface area contributed by atoms with Crippen LogP contribution in [0.5, 0.6) is 5.75 Å². The largest absolute Gasteiger partial charge is 0.507 e. The Bertz CT molecular complexity index is 1100. The molecule has 6 nitrogen and oxygen atoms in total. The second-order valence-electron chi connectivity index (χ2n) is 7.92. The van der Waals surface area contributed by atoms with Gasteiger partial charge in [-0.3, -0.25) is 9.59 Å². The van der Waals surface area contributed by atoms with Crippen LogP contribution in [-0.4, -0.2) is 58.9 Å². The lowest BCUT2D eigenvalue weighted by Crippen LogP contribution is -2.35. The number of aromatic hydroxyl groups is 1. The summed E-state index contributed by atoms with van der Waals surface area (Å²) in [6.45, 7) is 4.43. The highest BCUT2D eigenvalue weighted by Gasteiger charge is 2.46. The van der Waals surface area contributed by atoms with Gasteiger partial charge in [-0.2, -0.15) is 0 Å². The number of Topliss-reactive ketones (excluding diaryl/α,β-unsaturated/α-hetero) is 1.